The molecule has 0 rings (SSSR count). The van der Waals surface area contributed by atoms with Crippen LogP contribution in [0.2, 0.25) is 0 Å². The molecule has 0 aromatic carbocycles. The standard InChI is InChI=1S/C27H58NO8PS/c1-8-9-10-11-12-13-14-15-16-17-18-19-20-21-22-38(32,33)24-27(34-6,35-7)25(2)26(23-28(3,4)5)36-37(29,30)31/h25-26H,8-24H2,1-7H3,(H-,29,30,31)/p+1. The van der Waals surface area contributed by atoms with Gasteiger partial charge in [-0.25, -0.2) is 13.0 Å². The van der Waals surface area contributed by atoms with Crippen molar-refractivity contribution in [3.05, 3.63) is 0 Å². The van der Waals surface area contributed by atoms with Gasteiger partial charge in [0.15, 0.2) is 15.6 Å². The summed E-state index contributed by atoms with van der Waals surface area (Å²) < 4.78 is 54.3. The summed E-state index contributed by atoms with van der Waals surface area (Å²) in [6, 6.07) is 0. The number of quaternary nitrogens is 1. The Bertz CT molecular complexity index is 747. The summed E-state index contributed by atoms with van der Waals surface area (Å²) in [6.07, 6.45) is 15.7. The lowest BCUT2D eigenvalue weighted by atomic mass is 9.94. The summed E-state index contributed by atoms with van der Waals surface area (Å²) in [6.45, 7) is 4.11. The molecule has 0 aliphatic heterocycles. The zero-order valence-corrected chi connectivity index (χ0v) is 27.0. The van der Waals surface area contributed by atoms with Crippen molar-refractivity contribution in [1.29, 1.82) is 0 Å². The molecule has 0 aromatic heterocycles. The molecule has 2 N–H and O–H groups in total. The molecule has 0 radical (unpaired) electrons. The number of hydrogen-bond acceptors (Lipinski definition) is 6. The van der Waals surface area contributed by atoms with Crippen LogP contribution >= 0.6 is 7.82 Å². The minimum atomic E-state index is -4.82. The van der Waals surface area contributed by atoms with Crippen LogP contribution in [0.25, 0.3) is 0 Å². The monoisotopic (exact) mass is 588 g/mol. The number of likely N-dealkylation sites (N-methyl/N-ethyl adjacent to an activating group) is 1. The molecule has 11 heteroatoms. The first kappa shape index (κ1) is 37.9. The predicted molar refractivity (Wildman–Crippen MR) is 155 cm³/mol. The highest BCUT2D eigenvalue weighted by molar-refractivity contribution is 7.91. The quantitative estimate of drug-likeness (QED) is 0.0604. The second-order valence-corrected chi connectivity index (χ2v) is 15.2. The molecule has 0 spiro atoms. The van der Waals surface area contributed by atoms with E-state index in [4.69, 9.17) is 14.0 Å². The van der Waals surface area contributed by atoms with Crippen molar-refractivity contribution in [2.24, 2.45) is 5.92 Å². The van der Waals surface area contributed by atoms with E-state index in [2.05, 4.69) is 6.92 Å². The largest absolute Gasteiger partial charge is 0.470 e. The second kappa shape index (κ2) is 19.1. The minimum Gasteiger partial charge on any atom is -0.352 e. The van der Waals surface area contributed by atoms with E-state index in [1.807, 2.05) is 21.1 Å². The van der Waals surface area contributed by atoms with Gasteiger partial charge in [0.1, 0.15) is 18.4 Å². The lowest BCUT2D eigenvalue weighted by Crippen LogP contribution is -2.55. The summed E-state index contributed by atoms with van der Waals surface area (Å²) in [5, 5.41) is 0. The van der Waals surface area contributed by atoms with Crippen molar-refractivity contribution in [3.63, 3.8) is 0 Å². The first-order valence-electron chi connectivity index (χ1n) is 14.5. The Kier molecular flexibility index (Phi) is 19.1. The third kappa shape index (κ3) is 18.3. The summed E-state index contributed by atoms with van der Waals surface area (Å²) in [5.74, 6) is -2.76. The van der Waals surface area contributed by atoms with Crippen LogP contribution in [0.1, 0.15) is 104 Å². The number of phosphoric ester groups is 1. The normalized spacial score (nSPS) is 15.1. The Morgan fingerprint density at radius 3 is 1.53 bits per heavy atom. The van der Waals surface area contributed by atoms with Crippen LogP contribution in [0.4, 0.5) is 0 Å². The molecule has 230 valence electrons. The molecule has 0 aliphatic rings. The molecule has 9 nitrogen and oxygen atoms in total. The number of nitrogens with zero attached hydrogens (tertiary/aromatic N) is 1. The van der Waals surface area contributed by atoms with E-state index in [1.165, 1.54) is 78.4 Å². The van der Waals surface area contributed by atoms with Crippen LogP contribution in [0.3, 0.4) is 0 Å². The van der Waals surface area contributed by atoms with E-state index >= 15 is 0 Å². The van der Waals surface area contributed by atoms with Gasteiger partial charge >= 0.3 is 7.82 Å². The van der Waals surface area contributed by atoms with Gasteiger partial charge in [0.05, 0.1) is 26.9 Å². The zero-order chi connectivity index (χ0) is 29.3. The van der Waals surface area contributed by atoms with Crippen LogP contribution in [-0.4, -0.2) is 88.0 Å². The van der Waals surface area contributed by atoms with Crippen molar-refractivity contribution < 1.29 is 41.3 Å². The van der Waals surface area contributed by atoms with Gasteiger partial charge in [0.2, 0.25) is 0 Å². The predicted octanol–water partition coefficient (Wildman–Crippen LogP) is 5.69. The zero-order valence-electron chi connectivity index (χ0n) is 25.3. The average Bonchev–Trinajstić information content (AvgIpc) is 2.80. The number of sulfone groups is 1. The first-order valence-corrected chi connectivity index (χ1v) is 17.8. The molecule has 2 atom stereocenters. The van der Waals surface area contributed by atoms with Gasteiger partial charge in [-0.3, -0.25) is 4.52 Å². The van der Waals surface area contributed by atoms with Crippen molar-refractivity contribution in [3.8, 4) is 0 Å². The van der Waals surface area contributed by atoms with E-state index in [0.717, 1.165) is 19.3 Å². The van der Waals surface area contributed by atoms with Crippen LogP contribution in [-0.2, 0) is 28.4 Å². The van der Waals surface area contributed by atoms with Crippen molar-refractivity contribution >= 4 is 17.7 Å². The Balaban J connectivity index is 4.63. The molecule has 0 aromatic rings. The summed E-state index contributed by atoms with van der Waals surface area (Å²) in [5.41, 5.74) is 0. The summed E-state index contributed by atoms with van der Waals surface area (Å²) >= 11 is 0. The maximum Gasteiger partial charge on any atom is 0.470 e. The average molecular weight is 589 g/mol. The fourth-order valence-electron chi connectivity index (χ4n) is 4.88. The summed E-state index contributed by atoms with van der Waals surface area (Å²) in [4.78, 5) is 18.9. The van der Waals surface area contributed by atoms with E-state index in [-0.39, 0.29) is 12.3 Å². The van der Waals surface area contributed by atoms with Crippen LogP contribution in [0.15, 0.2) is 0 Å². The molecule has 0 aliphatic carbocycles. The topological polar surface area (TPSA) is 119 Å². The molecule has 0 fully saturated rings. The number of rotatable bonds is 25. The van der Waals surface area contributed by atoms with Gasteiger partial charge in [0, 0.05) is 20.1 Å². The van der Waals surface area contributed by atoms with Gasteiger partial charge in [-0.1, -0.05) is 97.3 Å². The fourth-order valence-corrected chi connectivity index (χ4v) is 7.38. The molecular weight excluding hydrogens is 529 g/mol. The molecule has 0 bridgehead atoms. The number of hydrogen-bond donors (Lipinski definition) is 2. The maximum atomic E-state index is 13.0. The van der Waals surface area contributed by atoms with E-state index in [9.17, 15) is 22.8 Å². The Morgan fingerprint density at radius 2 is 1.18 bits per heavy atom. The minimum absolute atomic E-state index is 0.0194. The van der Waals surface area contributed by atoms with Crippen LogP contribution in [0, 0.1) is 5.92 Å². The first-order chi connectivity index (χ1) is 17.6. The molecule has 0 amide bonds. The Labute approximate surface area is 233 Å². The lowest BCUT2D eigenvalue weighted by Gasteiger charge is -2.41. The molecular formula is C27H59NO8PS+. The van der Waals surface area contributed by atoms with Gasteiger partial charge < -0.3 is 23.7 Å². The lowest BCUT2D eigenvalue weighted by molar-refractivity contribution is -0.874. The second-order valence-electron chi connectivity index (χ2n) is 11.8. The number of methoxy groups -OCH3 is 2. The maximum absolute atomic E-state index is 13.0. The SMILES string of the molecule is CCCCCCCCCCCCCCCCS(=O)(=O)CC(OC)(OC)C(C)C(C[N+](C)(C)C)OP(=O)(O)O. The van der Waals surface area contributed by atoms with Crippen molar-refractivity contribution in [2.45, 2.75) is 116 Å². The Hall–Kier alpha value is -0.0600. The third-order valence-corrected chi connectivity index (χ3v) is 9.47. The highest BCUT2D eigenvalue weighted by Gasteiger charge is 2.48. The van der Waals surface area contributed by atoms with E-state index in [0.29, 0.717) is 10.9 Å². The molecule has 2 unspecified atom stereocenters. The van der Waals surface area contributed by atoms with Gasteiger partial charge in [-0.05, 0) is 6.42 Å². The smallest absolute Gasteiger partial charge is 0.352 e. The molecule has 0 saturated carbocycles. The van der Waals surface area contributed by atoms with Crippen LogP contribution < -0.4 is 0 Å². The van der Waals surface area contributed by atoms with E-state index < -0.39 is 41.2 Å². The Morgan fingerprint density at radius 1 is 0.789 bits per heavy atom. The fraction of sp³-hybridized carbons (Fsp3) is 1.00. The number of ether oxygens (including phenoxy) is 2. The van der Waals surface area contributed by atoms with Gasteiger partial charge in [-0.15, -0.1) is 0 Å². The van der Waals surface area contributed by atoms with Crippen molar-refractivity contribution in [2.75, 3.05) is 53.4 Å². The van der Waals surface area contributed by atoms with Gasteiger partial charge in [0.25, 0.3) is 0 Å². The number of unbranched alkanes of at least 4 members (excludes halogenated alkanes) is 13. The highest BCUT2D eigenvalue weighted by Crippen LogP contribution is 2.42. The number of phosphoric acid groups is 1. The molecule has 0 heterocycles. The van der Waals surface area contributed by atoms with Crippen molar-refractivity contribution in [1.82, 2.24) is 0 Å². The van der Waals surface area contributed by atoms with Gasteiger partial charge in [-0.2, -0.15) is 0 Å². The summed E-state index contributed by atoms with van der Waals surface area (Å²) in [7, 11) is -0.0977. The van der Waals surface area contributed by atoms with Crippen LogP contribution in [0.5, 0.6) is 0 Å². The third-order valence-electron chi connectivity index (χ3n) is 7.17. The molecule has 0 saturated heterocycles. The molecule has 38 heavy (non-hydrogen) atoms. The van der Waals surface area contributed by atoms with E-state index in [1.54, 1.807) is 6.92 Å². The highest BCUT2D eigenvalue weighted by atomic mass is 32.2.